The molecular formula is H4LaO3PbTiZr. The summed E-state index contributed by atoms with van der Waals surface area (Å²) in [6.45, 7) is 0. The molecule has 7 heavy (non-hydrogen) atoms. The van der Waals surface area contributed by atoms with Gasteiger partial charge in [0.15, 0.2) is 0 Å². The second kappa shape index (κ2) is 16.2. The minimum absolute atomic E-state index is 0. The molecule has 0 aromatic carbocycles. The van der Waals surface area contributed by atoms with Crippen molar-refractivity contribution in [2.45, 2.75) is 0 Å². The van der Waals surface area contributed by atoms with Gasteiger partial charge in [-0.15, -0.1) is 0 Å². The normalized spacial score (nSPS) is 3.71. The van der Waals surface area contributed by atoms with E-state index >= 15 is 0 Å². The van der Waals surface area contributed by atoms with Crippen molar-refractivity contribution >= 4 is 27.3 Å². The number of hydrogen-bond acceptors (Lipinski definition) is 1. The van der Waals surface area contributed by atoms with Crippen molar-refractivity contribution in [2.24, 2.45) is 0 Å². The molecule has 3 radical (unpaired) electrons. The molecule has 0 rings (SSSR count). The molecule has 0 unspecified atom stereocenters. The molecule has 0 saturated heterocycles. The Morgan fingerprint density at radius 1 is 1.29 bits per heavy atom. The van der Waals surface area contributed by atoms with Crippen LogP contribution in [0, 0.1) is 35.6 Å². The molecule has 0 bridgehead atoms. The fourth-order valence-electron chi connectivity index (χ4n) is 0. The Morgan fingerprint density at radius 3 is 1.29 bits per heavy atom. The van der Waals surface area contributed by atoms with Crippen LogP contribution in [0.4, 0.5) is 0 Å². The van der Waals surface area contributed by atoms with Crippen molar-refractivity contribution < 1.29 is 91.1 Å². The van der Waals surface area contributed by atoms with E-state index in [0.717, 1.165) is 0 Å². The Balaban J connectivity index is -0.0000000150. The van der Waals surface area contributed by atoms with Gasteiger partial charge < -0.3 is 0 Å². The third kappa shape index (κ3) is 44.2. The molecule has 0 aliphatic rings. The van der Waals surface area contributed by atoms with Gasteiger partial charge in [0.25, 0.3) is 0 Å². The van der Waals surface area contributed by atoms with Crippen molar-refractivity contribution in [3.8, 4) is 0 Å². The summed E-state index contributed by atoms with van der Waals surface area (Å²) in [4.78, 5) is 0. The Kier molecular flexibility index (Phi) is 52.0. The van der Waals surface area contributed by atoms with E-state index < -0.39 is 18.6 Å². The standard InChI is InChI=1S/La.2H2O.O.Pb.Ti.Zr.2H/h;2*1H2;;;;;;/q;;;;;+2;;;/p-2. The fraction of sp³-hybridized carbons (Fsp3) is 0. The van der Waals surface area contributed by atoms with Gasteiger partial charge in [0.2, 0.25) is 0 Å². The van der Waals surface area contributed by atoms with Crippen LogP contribution in [0.2, 0.25) is 0 Å². The van der Waals surface area contributed by atoms with Gasteiger partial charge in [0.1, 0.15) is 0 Å². The molecular weight excluding hydrogens is 533 g/mol. The molecule has 0 heterocycles. The summed E-state index contributed by atoms with van der Waals surface area (Å²) in [7, 11) is 0. The molecule has 0 atom stereocenters. The van der Waals surface area contributed by atoms with Gasteiger partial charge >= 0.3 is 56.6 Å². The molecule has 3 nitrogen and oxygen atoms in total. The predicted molar refractivity (Wildman–Crippen MR) is 13.7 cm³/mol. The Morgan fingerprint density at radius 2 is 1.29 bits per heavy atom. The maximum atomic E-state index is 8.81. The van der Waals surface area contributed by atoms with E-state index in [-0.39, 0.29) is 89.1 Å². The summed E-state index contributed by atoms with van der Waals surface area (Å²) in [6.07, 6.45) is 0. The molecule has 0 spiro atoms. The summed E-state index contributed by atoms with van der Waals surface area (Å²) in [5.74, 6) is 0. The van der Waals surface area contributed by atoms with Crippen LogP contribution in [0.5, 0.6) is 0 Å². The quantitative estimate of drug-likeness (QED) is 0.347. The van der Waals surface area contributed by atoms with E-state index in [4.69, 9.17) is 10.7 Å². The van der Waals surface area contributed by atoms with Crippen LogP contribution >= 0.6 is 0 Å². The third-order valence-corrected chi connectivity index (χ3v) is 0. The summed E-state index contributed by atoms with van der Waals surface area (Å²) >= 11 is -3.58. The maximum Gasteiger partial charge on any atom is 0 e. The van der Waals surface area contributed by atoms with Crippen molar-refractivity contribution in [1.29, 1.82) is 0 Å². The average Bonchev–Trinajstić information content (AvgIpc) is 0.811. The van der Waals surface area contributed by atoms with Gasteiger partial charge in [0, 0.05) is 61.8 Å². The summed E-state index contributed by atoms with van der Waals surface area (Å²) < 4.78 is 23.2. The van der Waals surface area contributed by atoms with E-state index in [1.807, 2.05) is 0 Å². The Bertz CT molecular complexity index is 37.9. The molecule has 2 N–H and O–H groups in total. The molecule has 0 aromatic heterocycles. The van der Waals surface area contributed by atoms with Crippen LogP contribution in [0.1, 0.15) is 0 Å². The van der Waals surface area contributed by atoms with Crippen LogP contribution < -0.4 is 0 Å². The van der Waals surface area contributed by atoms with Crippen LogP contribution in [0.3, 0.4) is 0 Å². The molecule has 0 aromatic rings. The minimum atomic E-state index is -3.58. The van der Waals surface area contributed by atoms with Gasteiger partial charge in [-0.25, -0.2) is 0 Å². The van der Waals surface area contributed by atoms with E-state index in [2.05, 4.69) is 0 Å². The zero-order valence-electron chi connectivity index (χ0n) is 3.59. The second-order valence-corrected chi connectivity index (χ2v) is 1.17. The minimum Gasteiger partial charge on any atom is 0 e. The van der Waals surface area contributed by atoms with Gasteiger partial charge in [-0.2, -0.15) is 0 Å². The smallest absolute Gasteiger partial charge is 0 e. The largest absolute Gasteiger partial charge is 0 e. The maximum absolute atomic E-state index is 8.81. The first kappa shape index (κ1) is 22.4. The van der Waals surface area contributed by atoms with Gasteiger partial charge in [-0.1, -0.05) is 0 Å². The van der Waals surface area contributed by atoms with Crippen LogP contribution in [0.25, 0.3) is 0 Å². The molecule has 0 fully saturated rings. The summed E-state index contributed by atoms with van der Waals surface area (Å²) in [6, 6.07) is 0. The van der Waals surface area contributed by atoms with E-state index in [1.165, 1.54) is 0 Å². The zero-order valence-corrected chi connectivity index (χ0v) is 16.7. The van der Waals surface area contributed by atoms with Gasteiger partial charge in [0.05, 0.1) is 0 Å². The average molecular weight is 537 g/mol. The first-order valence-electron chi connectivity index (χ1n) is 0.651. The van der Waals surface area contributed by atoms with Crippen molar-refractivity contribution in [3.05, 3.63) is 0 Å². The molecule has 37 valence electrons. The van der Waals surface area contributed by atoms with Crippen molar-refractivity contribution in [2.75, 3.05) is 0 Å². The second-order valence-electron chi connectivity index (χ2n) is 0.283. The van der Waals surface area contributed by atoms with Crippen LogP contribution in [-0.4, -0.2) is 34.7 Å². The summed E-state index contributed by atoms with van der Waals surface area (Å²) in [5.41, 5.74) is 0. The van der Waals surface area contributed by atoms with Gasteiger partial charge in [-0.05, 0) is 0 Å². The topological polar surface area (TPSA) is 57.5 Å². The SMILES string of the molecule is [La].[O]=[Ti]([OH])[OH].[PbH2].[Zr]. The van der Waals surface area contributed by atoms with Crippen LogP contribution in [0.15, 0.2) is 0 Å². The summed E-state index contributed by atoms with van der Waals surface area (Å²) in [5, 5.41) is 0. The monoisotopic (exact) mass is 537 g/mol. The van der Waals surface area contributed by atoms with E-state index in [1.54, 1.807) is 0 Å². The first-order chi connectivity index (χ1) is 1.73. The van der Waals surface area contributed by atoms with Crippen molar-refractivity contribution in [3.63, 3.8) is 0 Å². The molecule has 0 amide bonds. The predicted octanol–water partition coefficient (Wildman–Crippen LogP) is -2.15. The molecule has 0 saturated carbocycles. The van der Waals surface area contributed by atoms with E-state index in [9.17, 15) is 0 Å². The first-order valence-corrected chi connectivity index (χ1v) is 2.69. The number of hydrogen-bond donors (Lipinski definition) is 2. The molecule has 7 heteroatoms. The Labute approximate surface area is 116 Å². The fourth-order valence-corrected chi connectivity index (χ4v) is 0. The van der Waals surface area contributed by atoms with Crippen LogP contribution in [-0.2, 0) is 48.1 Å². The third-order valence-electron chi connectivity index (χ3n) is 0. The number of rotatable bonds is 0. The Hall–Kier alpha value is 3.43. The van der Waals surface area contributed by atoms with Gasteiger partial charge in [-0.3, -0.25) is 0 Å². The van der Waals surface area contributed by atoms with E-state index in [0.29, 0.717) is 0 Å². The zero-order chi connectivity index (χ0) is 3.58. The molecule has 0 aliphatic heterocycles. The van der Waals surface area contributed by atoms with Crippen molar-refractivity contribution in [1.82, 2.24) is 0 Å². The molecule has 0 aliphatic carbocycles.